The lowest BCUT2D eigenvalue weighted by Gasteiger charge is -2.32. The number of amides is 2. The van der Waals surface area contributed by atoms with Crippen LogP contribution in [0.3, 0.4) is 0 Å². The van der Waals surface area contributed by atoms with E-state index in [-0.39, 0.29) is 11.9 Å². The van der Waals surface area contributed by atoms with Crippen molar-refractivity contribution in [2.75, 3.05) is 13.1 Å². The van der Waals surface area contributed by atoms with E-state index in [4.69, 9.17) is 0 Å². The zero-order valence-corrected chi connectivity index (χ0v) is 13.1. The van der Waals surface area contributed by atoms with Gasteiger partial charge in [-0.25, -0.2) is 9.78 Å². The summed E-state index contributed by atoms with van der Waals surface area (Å²) in [6.07, 6.45) is 9.34. The molecule has 0 spiro atoms. The Morgan fingerprint density at radius 2 is 1.91 bits per heavy atom. The summed E-state index contributed by atoms with van der Waals surface area (Å²) in [6.45, 7) is 1.61. The Labute approximate surface area is 131 Å². The van der Waals surface area contributed by atoms with Gasteiger partial charge in [-0.3, -0.25) is 5.10 Å². The monoisotopic (exact) mass is 303 g/mol. The molecule has 0 bridgehead atoms. The fourth-order valence-electron chi connectivity index (χ4n) is 3.72. The second-order valence-corrected chi connectivity index (χ2v) is 7.07. The Bertz CT molecular complexity index is 532. The van der Waals surface area contributed by atoms with Crippen LogP contribution in [0.4, 0.5) is 4.79 Å². The van der Waals surface area contributed by atoms with Gasteiger partial charge < -0.3 is 10.2 Å². The molecule has 6 nitrogen and oxygen atoms in total. The number of aromatic amines is 1. The van der Waals surface area contributed by atoms with Crippen LogP contribution in [0.1, 0.15) is 74.9 Å². The van der Waals surface area contributed by atoms with Gasteiger partial charge in [0.05, 0.1) is 0 Å². The first-order valence-corrected chi connectivity index (χ1v) is 8.77. The first kappa shape index (κ1) is 14.0. The van der Waals surface area contributed by atoms with Crippen molar-refractivity contribution in [2.24, 2.45) is 0 Å². The van der Waals surface area contributed by atoms with Crippen LogP contribution in [0, 0.1) is 0 Å². The molecule has 0 radical (unpaired) electrons. The summed E-state index contributed by atoms with van der Waals surface area (Å²) in [5, 5.41) is 10.7. The highest BCUT2D eigenvalue weighted by molar-refractivity contribution is 5.74. The van der Waals surface area contributed by atoms with Crippen LogP contribution in [-0.2, 0) is 0 Å². The number of hydrogen-bond acceptors (Lipinski definition) is 3. The number of nitrogens with one attached hydrogen (secondary N) is 2. The van der Waals surface area contributed by atoms with Crippen LogP contribution in [0.5, 0.6) is 0 Å². The molecule has 0 aromatic carbocycles. The maximum Gasteiger partial charge on any atom is 0.317 e. The summed E-state index contributed by atoms with van der Waals surface area (Å²) >= 11 is 0. The SMILES string of the molecule is O=C(NC1CCCC1)N1CCCC(c2n[nH]c(C3CC3)n2)C1. The molecule has 3 aliphatic rings. The zero-order valence-electron chi connectivity index (χ0n) is 13.1. The molecule has 1 atom stereocenters. The minimum Gasteiger partial charge on any atom is -0.335 e. The number of carbonyl (C=O) groups is 1. The van der Waals surface area contributed by atoms with Gasteiger partial charge >= 0.3 is 6.03 Å². The molecule has 1 aliphatic heterocycles. The third-order valence-electron chi connectivity index (χ3n) is 5.24. The normalized spacial score (nSPS) is 26.4. The molecule has 3 fully saturated rings. The number of likely N-dealkylation sites (tertiary alicyclic amines) is 1. The fraction of sp³-hybridized carbons (Fsp3) is 0.812. The molecule has 22 heavy (non-hydrogen) atoms. The lowest BCUT2D eigenvalue weighted by atomic mass is 9.97. The first-order valence-electron chi connectivity index (χ1n) is 8.77. The average Bonchev–Trinajstić information content (AvgIpc) is 3.06. The molecule has 2 heterocycles. The largest absolute Gasteiger partial charge is 0.335 e. The standard InChI is InChI=1S/C16H25N5O/c22-16(17-13-5-1-2-6-13)21-9-3-4-12(10-21)15-18-14(19-20-15)11-7-8-11/h11-13H,1-10H2,(H,17,22)(H,18,19,20). The van der Waals surface area contributed by atoms with Crippen molar-refractivity contribution in [3.05, 3.63) is 11.6 Å². The number of hydrogen-bond donors (Lipinski definition) is 2. The van der Waals surface area contributed by atoms with E-state index in [1.54, 1.807) is 0 Å². The highest BCUT2D eigenvalue weighted by atomic mass is 16.2. The molecular formula is C16H25N5O. The van der Waals surface area contributed by atoms with Gasteiger partial charge in [0.25, 0.3) is 0 Å². The van der Waals surface area contributed by atoms with Crippen molar-refractivity contribution >= 4 is 6.03 Å². The second kappa shape index (κ2) is 5.89. The van der Waals surface area contributed by atoms with E-state index in [9.17, 15) is 4.79 Å². The van der Waals surface area contributed by atoms with Crippen LogP contribution in [0.25, 0.3) is 0 Å². The average molecular weight is 303 g/mol. The smallest absolute Gasteiger partial charge is 0.317 e. The van der Waals surface area contributed by atoms with Crippen LogP contribution in [-0.4, -0.2) is 45.2 Å². The summed E-state index contributed by atoms with van der Waals surface area (Å²) in [7, 11) is 0. The van der Waals surface area contributed by atoms with Crippen LogP contribution >= 0.6 is 0 Å². The summed E-state index contributed by atoms with van der Waals surface area (Å²) in [6, 6.07) is 0.493. The number of H-pyrrole nitrogens is 1. The number of aromatic nitrogens is 3. The Morgan fingerprint density at radius 1 is 1.09 bits per heavy atom. The van der Waals surface area contributed by atoms with Gasteiger partial charge in [0.15, 0.2) is 5.82 Å². The number of nitrogens with zero attached hydrogens (tertiary/aromatic N) is 3. The molecule has 1 aromatic heterocycles. The van der Waals surface area contributed by atoms with E-state index < -0.39 is 0 Å². The molecule has 2 aliphatic carbocycles. The molecule has 1 aromatic rings. The molecule has 2 saturated carbocycles. The minimum atomic E-state index is 0.106. The highest BCUT2D eigenvalue weighted by Gasteiger charge is 2.31. The van der Waals surface area contributed by atoms with Crippen molar-refractivity contribution < 1.29 is 4.79 Å². The molecule has 6 heteroatoms. The number of piperidine rings is 1. The Balaban J connectivity index is 1.36. The van der Waals surface area contributed by atoms with Crippen molar-refractivity contribution in [1.29, 1.82) is 0 Å². The van der Waals surface area contributed by atoms with Crippen molar-refractivity contribution in [2.45, 2.75) is 69.2 Å². The van der Waals surface area contributed by atoms with E-state index in [0.29, 0.717) is 12.0 Å². The van der Waals surface area contributed by atoms with E-state index >= 15 is 0 Å². The maximum atomic E-state index is 12.4. The Morgan fingerprint density at radius 3 is 2.68 bits per heavy atom. The van der Waals surface area contributed by atoms with Gasteiger partial charge in [-0.15, -0.1) is 0 Å². The summed E-state index contributed by atoms with van der Waals surface area (Å²) in [5.41, 5.74) is 0. The van der Waals surface area contributed by atoms with Gasteiger partial charge in [0.2, 0.25) is 0 Å². The van der Waals surface area contributed by atoms with Crippen LogP contribution in [0.2, 0.25) is 0 Å². The van der Waals surface area contributed by atoms with Crippen LogP contribution < -0.4 is 5.32 Å². The molecule has 120 valence electrons. The molecule has 2 N–H and O–H groups in total. The number of urea groups is 1. The third-order valence-corrected chi connectivity index (χ3v) is 5.24. The predicted octanol–water partition coefficient (Wildman–Crippen LogP) is 2.51. The van der Waals surface area contributed by atoms with Gasteiger partial charge in [-0.05, 0) is 38.5 Å². The quantitative estimate of drug-likeness (QED) is 0.901. The predicted molar refractivity (Wildman–Crippen MR) is 82.7 cm³/mol. The molecule has 2 amide bonds. The van der Waals surface area contributed by atoms with E-state index in [1.807, 2.05) is 4.90 Å². The minimum absolute atomic E-state index is 0.106. The number of rotatable bonds is 3. The lowest BCUT2D eigenvalue weighted by molar-refractivity contribution is 0.175. The van der Waals surface area contributed by atoms with E-state index in [2.05, 4.69) is 20.5 Å². The zero-order chi connectivity index (χ0) is 14.9. The van der Waals surface area contributed by atoms with E-state index in [1.165, 1.54) is 25.7 Å². The van der Waals surface area contributed by atoms with Gasteiger partial charge in [0, 0.05) is 31.0 Å². The van der Waals surface area contributed by atoms with E-state index in [0.717, 1.165) is 50.4 Å². The fourth-order valence-corrected chi connectivity index (χ4v) is 3.72. The number of carbonyl (C=O) groups excluding carboxylic acids is 1. The van der Waals surface area contributed by atoms with Crippen LogP contribution in [0.15, 0.2) is 0 Å². The maximum absolute atomic E-state index is 12.4. The Hall–Kier alpha value is -1.59. The van der Waals surface area contributed by atoms with Crippen molar-refractivity contribution in [3.8, 4) is 0 Å². The first-order chi connectivity index (χ1) is 10.8. The topological polar surface area (TPSA) is 73.9 Å². The highest BCUT2D eigenvalue weighted by Crippen LogP contribution is 2.38. The molecule has 1 saturated heterocycles. The summed E-state index contributed by atoms with van der Waals surface area (Å²) < 4.78 is 0. The molecular weight excluding hydrogens is 278 g/mol. The van der Waals surface area contributed by atoms with Gasteiger partial charge in [0.1, 0.15) is 5.82 Å². The molecule has 1 unspecified atom stereocenters. The van der Waals surface area contributed by atoms with Crippen molar-refractivity contribution in [3.63, 3.8) is 0 Å². The van der Waals surface area contributed by atoms with Gasteiger partial charge in [-0.1, -0.05) is 12.8 Å². The summed E-state index contributed by atoms with van der Waals surface area (Å²) in [4.78, 5) is 19.0. The van der Waals surface area contributed by atoms with Gasteiger partial charge in [-0.2, -0.15) is 5.10 Å². The second-order valence-electron chi connectivity index (χ2n) is 7.07. The third kappa shape index (κ3) is 2.96. The molecule has 4 rings (SSSR count). The lowest BCUT2D eigenvalue weighted by Crippen LogP contribution is -2.47. The van der Waals surface area contributed by atoms with Crippen molar-refractivity contribution in [1.82, 2.24) is 25.4 Å². The Kier molecular flexibility index (Phi) is 3.76. The summed E-state index contributed by atoms with van der Waals surface area (Å²) in [5.74, 6) is 2.83.